The molecule has 5 rings (SSSR count). The maximum absolute atomic E-state index is 6.02. The summed E-state index contributed by atoms with van der Waals surface area (Å²) in [6.45, 7) is 0.406. The van der Waals surface area contributed by atoms with Crippen LogP contribution in [-0.2, 0) is 6.61 Å². The number of nitrogens with zero attached hydrogens (tertiary/aromatic N) is 3. The summed E-state index contributed by atoms with van der Waals surface area (Å²) in [6.07, 6.45) is 3.21. The van der Waals surface area contributed by atoms with E-state index >= 15 is 0 Å². The molecule has 0 aliphatic heterocycles. The molecule has 0 unspecified atom stereocenters. The van der Waals surface area contributed by atoms with Crippen molar-refractivity contribution in [3.05, 3.63) is 90.9 Å². The van der Waals surface area contributed by atoms with Gasteiger partial charge in [0.25, 0.3) is 0 Å². The van der Waals surface area contributed by atoms with Gasteiger partial charge in [-0.05, 0) is 23.8 Å². The van der Waals surface area contributed by atoms with Crippen molar-refractivity contribution < 1.29 is 14.0 Å². The van der Waals surface area contributed by atoms with Crippen molar-refractivity contribution in [3.63, 3.8) is 0 Å². The van der Waals surface area contributed by atoms with Crippen LogP contribution in [0.2, 0.25) is 0 Å². The molecule has 0 spiro atoms. The third-order valence-corrected chi connectivity index (χ3v) is 5.04. The van der Waals surface area contributed by atoms with Gasteiger partial charge in [0.1, 0.15) is 24.4 Å². The second kappa shape index (κ2) is 8.28. The Labute approximate surface area is 179 Å². The van der Waals surface area contributed by atoms with Crippen LogP contribution in [0.4, 0.5) is 0 Å². The van der Waals surface area contributed by atoms with Gasteiger partial charge in [0, 0.05) is 17.3 Å². The molecule has 152 valence electrons. The van der Waals surface area contributed by atoms with E-state index in [4.69, 9.17) is 14.0 Å². The summed E-state index contributed by atoms with van der Waals surface area (Å²) in [7, 11) is 1.64. The monoisotopic (exact) mass is 409 g/mol. The minimum atomic E-state index is 0.406. The second-order valence-electron chi connectivity index (χ2n) is 6.93. The van der Waals surface area contributed by atoms with Crippen molar-refractivity contribution in [2.75, 3.05) is 7.11 Å². The molecule has 3 aromatic carbocycles. The number of aromatic nitrogens is 3. The maximum atomic E-state index is 6.02. The fourth-order valence-electron chi connectivity index (χ4n) is 3.55. The molecule has 31 heavy (non-hydrogen) atoms. The predicted molar refractivity (Wildman–Crippen MR) is 118 cm³/mol. The fraction of sp³-hybridized carbons (Fsp3) is 0.0800. The molecule has 0 fully saturated rings. The Balaban J connectivity index is 1.57. The summed E-state index contributed by atoms with van der Waals surface area (Å²) in [5.41, 5.74) is 4.84. The van der Waals surface area contributed by atoms with E-state index in [-0.39, 0.29) is 0 Å². The summed E-state index contributed by atoms with van der Waals surface area (Å²) >= 11 is 0. The minimum absolute atomic E-state index is 0.406. The molecule has 0 saturated heterocycles. The van der Waals surface area contributed by atoms with Gasteiger partial charge in [-0.3, -0.25) is 0 Å². The van der Waals surface area contributed by atoms with Crippen molar-refractivity contribution in [1.29, 1.82) is 0 Å². The molecule has 0 radical (unpaired) electrons. The highest BCUT2D eigenvalue weighted by atomic mass is 16.5. The van der Waals surface area contributed by atoms with Crippen LogP contribution in [0.3, 0.4) is 0 Å². The van der Waals surface area contributed by atoms with Crippen molar-refractivity contribution in [2.24, 2.45) is 0 Å². The Bertz CT molecular complexity index is 1330. The Morgan fingerprint density at radius 2 is 1.65 bits per heavy atom. The molecule has 2 heterocycles. The Kier molecular flexibility index (Phi) is 5.02. The van der Waals surface area contributed by atoms with E-state index in [1.807, 2.05) is 72.8 Å². The molecule has 6 heteroatoms. The van der Waals surface area contributed by atoms with Crippen LogP contribution >= 0.6 is 0 Å². The lowest BCUT2D eigenvalue weighted by molar-refractivity contribution is 0.294. The molecule has 0 N–H and O–H groups in total. The van der Waals surface area contributed by atoms with Crippen LogP contribution < -0.4 is 9.47 Å². The average Bonchev–Trinajstić information content (AvgIpc) is 3.28. The molecule has 2 aromatic heterocycles. The molecule has 0 bridgehead atoms. The molecule has 0 amide bonds. The molecular formula is C25H19N3O3. The third kappa shape index (κ3) is 3.59. The van der Waals surface area contributed by atoms with Crippen LogP contribution in [0.5, 0.6) is 11.6 Å². The predicted octanol–water partition coefficient (Wildman–Crippen LogP) is 5.54. The Morgan fingerprint density at radius 1 is 0.839 bits per heavy atom. The first-order valence-corrected chi connectivity index (χ1v) is 9.84. The average molecular weight is 409 g/mol. The molecule has 0 atom stereocenters. The second-order valence-corrected chi connectivity index (χ2v) is 6.93. The van der Waals surface area contributed by atoms with E-state index in [9.17, 15) is 0 Å². The van der Waals surface area contributed by atoms with Gasteiger partial charge in [-0.2, -0.15) is 0 Å². The van der Waals surface area contributed by atoms with Gasteiger partial charge in [-0.25, -0.2) is 9.97 Å². The van der Waals surface area contributed by atoms with Crippen LogP contribution in [-0.4, -0.2) is 22.2 Å². The van der Waals surface area contributed by atoms with Gasteiger partial charge < -0.3 is 14.0 Å². The fourth-order valence-corrected chi connectivity index (χ4v) is 3.55. The van der Waals surface area contributed by atoms with Crippen LogP contribution in [0.25, 0.3) is 33.4 Å². The van der Waals surface area contributed by atoms with E-state index < -0.39 is 0 Å². The minimum Gasteiger partial charge on any atom is -0.496 e. The van der Waals surface area contributed by atoms with E-state index in [2.05, 4.69) is 15.1 Å². The summed E-state index contributed by atoms with van der Waals surface area (Å²) in [4.78, 5) is 8.56. The number of benzene rings is 3. The van der Waals surface area contributed by atoms with Gasteiger partial charge >= 0.3 is 0 Å². The van der Waals surface area contributed by atoms with E-state index in [0.29, 0.717) is 18.1 Å². The maximum Gasteiger partial charge on any atom is 0.224 e. The van der Waals surface area contributed by atoms with Crippen molar-refractivity contribution in [1.82, 2.24) is 15.1 Å². The van der Waals surface area contributed by atoms with Crippen LogP contribution in [0.15, 0.2) is 89.8 Å². The third-order valence-electron chi connectivity index (χ3n) is 5.04. The van der Waals surface area contributed by atoms with Crippen LogP contribution in [0, 0.1) is 0 Å². The summed E-state index contributed by atoms with van der Waals surface area (Å²) in [5, 5.41) is 5.22. The van der Waals surface area contributed by atoms with Crippen molar-refractivity contribution >= 4 is 11.0 Å². The van der Waals surface area contributed by atoms with Crippen molar-refractivity contribution in [2.45, 2.75) is 6.61 Å². The molecule has 0 aliphatic rings. The zero-order chi connectivity index (χ0) is 21.0. The van der Waals surface area contributed by atoms with Gasteiger partial charge in [-0.1, -0.05) is 59.8 Å². The highest BCUT2D eigenvalue weighted by Gasteiger charge is 2.19. The first-order valence-electron chi connectivity index (χ1n) is 9.84. The lowest BCUT2D eigenvalue weighted by atomic mass is 10.0. The smallest absolute Gasteiger partial charge is 0.224 e. The van der Waals surface area contributed by atoms with Crippen molar-refractivity contribution in [3.8, 4) is 34.0 Å². The summed E-state index contributed by atoms with van der Waals surface area (Å²) in [5.74, 6) is 1.22. The highest BCUT2D eigenvalue weighted by molar-refractivity contribution is 6.01. The number of hydrogen-bond donors (Lipinski definition) is 0. The number of hydrogen-bond acceptors (Lipinski definition) is 6. The summed E-state index contributed by atoms with van der Waals surface area (Å²) in [6, 6.07) is 23.6. The highest BCUT2D eigenvalue weighted by Crippen LogP contribution is 2.39. The van der Waals surface area contributed by atoms with Gasteiger partial charge in [0.05, 0.1) is 18.1 Å². The molecule has 5 aromatic rings. The SMILES string of the molecule is COc1ccccc1-c1noc2c(-c3cncnc3OCc3ccccc3)cccc12. The van der Waals surface area contributed by atoms with E-state index in [1.165, 1.54) is 6.33 Å². The Hall–Kier alpha value is -4.19. The van der Waals surface area contributed by atoms with Crippen LogP contribution in [0.1, 0.15) is 5.56 Å². The van der Waals surface area contributed by atoms with E-state index in [0.717, 1.165) is 39.1 Å². The standard InChI is InChI=1S/C25H19N3O3/c1-29-22-13-6-5-10-19(22)23-20-12-7-11-18(24(20)31-28-23)21-14-26-16-27-25(21)30-15-17-8-3-2-4-9-17/h2-14,16H,15H2,1H3. The first kappa shape index (κ1) is 18.8. The molecule has 0 aliphatic carbocycles. The van der Waals surface area contributed by atoms with Gasteiger partial charge in [0.2, 0.25) is 5.88 Å². The summed E-state index contributed by atoms with van der Waals surface area (Å²) < 4.78 is 17.3. The largest absolute Gasteiger partial charge is 0.496 e. The number of ether oxygens (including phenoxy) is 2. The number of methoxy groups -OCH3 is 1. The zero-order valence-corrected chi connectivity index (χ0v) is 16.9. The molecule has 6 nitrogen and oxygen atoms in total. The lowest BCUT2D eigenvalue weighted by Gasteiger charge is -2.10. The normalized spacial score (nSPS) is 10.9. The van der Waals surface area contributed by atoms with Gasteiger partial charge in [0.15, 0.2) is 5.58 Å². The van der Waals surface area contributed by atoms with Gasteiger partial charge in [-0.15, -0.1) is 0 Å². The number of para-hydroxylation sites is 2. The Morgan fingerprint density at radius 3 is 2.52 bits per heavy atom. The van der Waals surface area contributed by atoms with E-state index in [1.54, 1.807) is 13.3 Å². The zero-order valence-electron chi connectivity index (χ0n) is 16.9. The lowest BCUT2D eigenvalue weighted by Crippen LogP contribution is -1.99. The topological polar surface area (TPSA) is 70.3 Å². The number of fused-ring (bicyclic) bond motifs is 1. The molecule has 0 saturated carbocycles. The first-order chi connectivity index (χ1) is 15.3. The molecular weight excluding hydrogens is 390 g/mol. The quantitative estimate of drug-likeness (QED) is 0.367. The number of rotatable bonds is 6.